The van der Waals surface area contributed by atoms with Gasteiger partial charge in [-0.1, -0.05) is 23.2 Å². The van der Waals surface area contributed by atoms with Gasteiger partial charge < -0.3 is 4.74 Å². The van der Waals surface area contributed by atoms with Crippen LogP contribution in [0.4, 0.5) is 0 Å². The summed E-state index contributed by atoms with van der Waals surface area (Å²) in [6.45, 7) is 4.04. The lowest BCUT2D eigenvalue weighted by molar-refractivity contribution is -0.0103. The van der Waals surface area contributed by atoms with Crippen LogP contribution in [-0.4, -0.2) is 63.1 Å². The Labute approximate surface area is 153 Å². The normalized spacial score (nSPS) is 24.2. The molecule has 1 atom stereocenters. The molecule has 1 aromatic rings. The van der Waals surface area contributed by atoms with Crippen molar-refractivity contribution < 1.29 is 13.2 Å². The van der Waals surface area contributed by atoms with E-state index in [1.54, 1.807) is 6.07 Å². The average Bonchev–Trinajstić information content (AvgIpc) is 2.58. The summed E-state index contributed by atoms with van der Waals surface area (Å²) in [5.74, 6) is 0. The van der Waals surface area contributed by atoms with Gasteiger partial charge in [0.25, 0.3) is 0 Å². The molecule has 0 aliphatic carbocycles. The molecule has 8 heteroatoms. The molecule has 2 heterocycles. The quantitative estimate of drug-likeness (QED) is 0.790. The van der Waals surface area contributed by atoms with Crippen LogP contribution in [0.25, 0.3) is 0 Å². The number of nitrogens with zero attached hydrogens (tertiary/aromatic N) is 2. The first-order valence-corrected chi connectivity index (χ1v) is 10.5. The summed E-state index contributed by atoms with van der Waals surface area (Å²) in [6, 6.07) is 4.53. The molecule has 1 aromatic carbocycles. The van der Waals surface area contributed by atoms with Crippen LogP contribution in [0.15, 0.2) is 23.1 Å². The van der Waals surface area contributed by atoms with Gasteiger partial charge in [0, 0.05) is 44.4 Å². The van der Waals surface area contributed by atoms with Crippen LogP contribution in [0, 0.1) is 0 Å². The zero-order valence-corrected chi connectivity index (χ0v) is 15.8. The van der Waals surface area contributed by atoms with Crippen molar-refractivity contribution in [1.29, 1.82) is 0 Å². The van der Waals surface area contributed by atoms with Gasteiger partial charge in [0.1, 0.15) is 4.90 Å². The van der Waals surface area contributed by atoms with E-state index in [1.165, 1.54) is 22.9 Å². The Balaban J connectivity index is 1.62. The molecule has 2 aliphatic rings. The highest BCUT2D eigenvalue weighted by molar-refractivity contribution is 7.89. The zero-order valence-electron chi connectivity index (χ0n) is 13.5. The standard InChI is InChI=1S/C16H22Cl2N2O3S/c17-13-4-5-15(18)16(11-13)24(21,22)20-8-6-19(7-9-20)12-14-3-1-2-10-23-14/h4-5,11,14H,1-3,6-10,12H2/t14-/m0/s1. The van der Waals surface area contributed by atoms with Gasteiger partial charge in [0.2, 0.25) is 10.0 Å². The summed E-state index contributed by atoms with van der Waals surface area (Å²) in [5.41, 5.74) is 0. The van der Waals surface area contributed by atoms with E-state index >= 15 is 0 Å². The van der Waals surface area contributed by atoms with E-state index in [2.05, 4.69) is 4.90 Å². The van der Waals surface area contributed by atoms with Crippen molar-refractivity contribution in [1.82, 2.24) is 9.21 Å². The number of ether oxygens (including phenoxy) is 1. The first-order chi connectivity index (χ1) is 11.5. The maximum atomic E-state index is 12.8. The van der Waals surface area contributed by atoms with Gasteiger partial charge in [-0.05, 0) is 37.5 Å². The van der Waals surface area contributed by atoms with E-state index in [0.717, 1.165) is 26.0 Å². The number of piperazine rings is 1. The van der Waals surface area contributed by atoms with Crippen molar-refractivity contribution in [2.45, 2.75) is 30.3 Å². The highest BCUT2D eigenvalue weighted by Gasteiger charge is 2.31. The van der Waals surface area contributed by atoms with Crippen LogP contribution in [0.2, 0.25) is 10.0 Å². The molecule has 2 saturated heterocycles. The Morgan fingerprint density at radius 1 is 1.12 bits per heavy atom. The summed E-state index contributed by atoms with van der Waals surface area (Å²) in [6.07, 6.45) is 3.73. The minimum atomic E-state index is -3.61. The maximum Gasteiger partial charge on any atom is 0.244 e. The van der Waals surface area contributed by atoms with Gasteiger partial charge in [-0.25, -0.2) is 8.42 Å². The fourth-order valence-electron chi connectivity index (χ4n) is 3.21. The molecule has 3 rings (SSSR count). The second-order valence-electron chi connectivity index (χ2n) is 6.27. The Kier molecular flexibility index (Phi) is 6.06. The van der Waals surface area contributed by atoms with Crippen LogP contribution in [0.1, 0.15) is 19.3 Å². The maximum absolute atomic E-state index is 12.8. The van der Waals surface area contributed by atoms with Crippen LogP contribution in [0.5, 0.6) is 0 Å². The number of halogens is 2. The van der Waals surface area contributed by atoms with E-state index in [-0.39, 0.29) is 16.0 Å². The minimum Gasteiger partial charge on any atom is -0.377 e. The highest BCUT2D eigenvalue weighted by Crippen LogP contribution is 2.28. The van der Waals surface area contributed by atoms with Gasteiger partial charge in [-0.2, -0.15) is 4.31 Å². The first-order valence-electron chi connectivity index (χ1n) is 8.26. The number of hydrogen-bond acceptors (Lipinski definition) is 4. The van der Waals surface area contributed by atoms with E-state index < -0.39 is 10.0 Å². The molecule has 0 radical (unpaired) electrons. The second kappa shape index (κ2) is 7.89. The minimum absolute atomic E-state index is 0.0840. The molecule has 134 valence electrons. The van der Waals surface area contributed by atoms with Gasteiger partial charge in [-0.15, -0.1) is 0 Å². The van der Waals surface area contributed by atoms with E-state index in [1.807, 2.05) is 0 Å². The summed E-state index contributed by atoms with van der Waals surface area (Å²) >= 11 is 12.0. The predicted molar refractivity (Wildman–Crippen MR) is 95.3 cm³/mol. The summed E-state index contributed by atoms with van der Waals surface area (Å²) in [5, 5.41) is 0.573. The molecule has 0 saturated carbocycles. The Morgan fingerprint density at radius 3 is 2.54 bits per heavy atom. The van der Waals surface area contributed by atoms with Crippen LogP contribution < -0.4 is 0 Å². The van der Waals surface area contributed by atoms with Crippen molar-refractivity contribution >= 4 is 33.2 Å². The van der Waals surface area contributed by atoms with E-state index in [9.17, 15) is 8.42 Å². The molecule has 24 heavy (non-hydrogen) atoms. The summed E-state index contributed by atoms with van der Waals surface area (Å²) < 4.78 is 32.8. The largest absolute Gasteiger partial charge is 0.377 e. The summed E-state index contributed by atoms with van der Waals surface area (Å²) in [7, 11) is -3.61. The molecular weight excluding hydrogens is 371 g/mol. The molecular formula is C16H22Cl2N2O3S. The van der Waals surface area contributed by atoms with E-state index in [0.29, 0.717) is 31.2 Å². The van der Waals surface area contributed by atoms with Gasteiger partial charge in [-0.3, -0.25) is 4.90 Å². The van der Waals surface area contributed by atoms with Crippen molar-refractivity contribution in [3.8, 4) is 0 Å². The third-order valence-electron chi connectivity index (χ3n) is 4.58. The molecule has 0 amide bonds. The third kappa shape index (κ3) is 4.23. The van der Waals surface area contributed by atoms with Crippen LogP contribution >= 0.6 is 23.2 Å². The SMILES string of the molecule is O=S(=O)(c1cc(Cl)ccc1Cl)N1CCN(C[C@@H]2CCCCO2)CC1. The zero-order chi connectivity index (χ0) is 17.2. The molecule has 0 unspecified atom stereocenters. The molecule has 0 aromatic heterocycles. The summed E-state index contributed by atoms with van der Waals surface area (Å²) in [4.78, 5) is 2.36. The van der Waals surface area contributed by atoms with Crippen LogP contribution in [0.3, 0.4) is 0 Å². The third-order valence-corrected chi connectivity index (χ3v) is 7.19. The smallest absolute Gasteiger partial charge is 0.244 e. The number of hydrogen-bond donors (Lipinski definition) is 0. The van der Waals surface area contributed by atoms with Gasteiger partial charge in [0.15, 0.2) is 0 Å². The number of sulfonamides is 1. The first kappa shape index (κ1) is 18.4. The Bertz CT molecular complexity index is 670. The fraction of sp³-hybridized carbons (Fsp3) is 0.625. The number of rotatable bonds is 4. The van der Waals surface area contributed by atoms with Gasteiger partial charge >= 0.3 is 0 Å². The molecule has 2 aliphatic heterocycles. The molecule has 2 fully saturated rings. The average molecular weight is 393 g/mol. The highest BCUT2D eigenvalue weighted by atomic mass is 35.5. The molecule has 0 spiro atoms. The monoisotopic (exact) mass is 392 g/mol. The van der Waals surface area contributed by atoms with Crippen molar-refractivity contribution in [2.24, 2.45) is 0 Å². The Morgan fingerprint density at radius 2 is 1.88 bits per heavy atom. The van der Waals surface area contributed by atoms with E-state index in [4.69, 9.17) is 27.9 Å². The Hall–Kier alpha value is -0.370. The van der Waals surface area contributed by atoms with Crippen molar-refractivity contribution in [3.63, 3.8) is 0 Å². The lowest BCUT2D eigenvalue weighted by Crippen LogP contribution is -2.50. The predicted octanol–water partition coefficient (Wildman–Crippen LogP) is 2.87. The van der Waals surface area contributed by atoms with Crippen molar-refractivity contribution in [2.75, 3.05) is 39.3 Å². The van der Waals surface area contributed by atoms with Crippen LogP contribution in [-0.2, 0) is 14.8 Å². The molecule has 0 N–H and O–H groups in total. The fourth-order valence-corrected chi connectivity index (χ4v) is 5.37. The topological polar surface area (TPSA) is 49.9 Å². The van der Waals surface area contributed by atoms with Gasteiger partial charge in [0.05, 0.1) is 11.1 Å². The lowest BCUT2D eigenvalue weighted by atomic mass is 10.1. The molecule has 5 nitrogen and oxygen atoms in total. The molecule has 0 bridgehead atoms. The van der Waals surface area contributed by atoms with Crippen molar-refractivity contribution in [3.05, 3.63) is 28.2 Å². The lowest BCUT2D eigenvalue weighted by Gasteiger charge is -2.36. The number of benzene rings is 1. The second-order valence-corrected chi connectivity index (χ2v) is 9.02.